The number of rotatable bonds is 5. The summed E-state index contributed by atoms with van der Waals surface area (Å²) in [5.74, 6) is 0.144. The highest BCUT2D eigenvalue weighted by Gasteiger charge is 2.27. The fraction of sp³-hybridized carbons (Fsp3) is 0.722. The fourth-order valence-corrected chi connectivity index (χ4v) is 5.12. The Labute approximate surface area is 150 Å². The fourth-order valence-electron chi connectivity index (χ4n) is 4.29. The predicted octanol–water partition coefficient (Wildman–Crippen LogP) is 1.98. The van der Waals surface area contributed by atoms with E-state index in [0.717, 1.165) is 11.3 Å². The average molecular weight is 368 g/mol. The Morgan fingerprint density at radius 1 is 1.12 bits per heavy atom. The number of ketones is 1. The van der Waals surface area contributed by atoms with E-state index in [4.69, 9.17) is 0 Å². The van der Waals surface area contributed by atoms with Crippen molar-refractivity contribution in [2.45, 2.75) is 45.6 Å². The number of Topliss-reactive ketones (excluding diaryl/α,β-unsaturated/α-hetero) is 1. The minimum Gasteiger partial charge on any atom is -0.345 e. The van der Waals surface area contributed by atoms with E-state index in [1.54, 1.807) is 0 Å². The molecule has 25 heavy (non-hydrogen) atoms. The van der Waals surface area contributed by atoms with Gasteiger partial charge >= 0.3 is 0 Å². The number of aromatic nitrogens is 1. The van der Waals surface area contributed by atoms with Crippen LogP contribution < -0.4 is 0 Å². The maximum absolute atomic E-state index is 12.8. The molecule has 3 rings (SSSR count). The molecule has 2 fully saturated rings. The lowest BCUT2D eigenvalue weighted by atomic mass is 10.1. The number of hydrogen-bond donors (Lipinski definition) is 0. The molecular formula is C18H29N3O3S. The number of nitrogens with zero attached hydrogens (tertiary/aromatic N) is 3. The predicted molar refractivity (Wildman–Crippen MR) is 98.6 cm³/mol. The Kier molecular flexibility index (Phi) is 5.37. The van der Waals surface area contributed by atoms with Crippen molar-refractivity contribution in [3.63, 3.8) is 0 Å². The second-order valence-corrected chi connectivity index (χ2v) is 9.44. The lowest BCUT2D eigenvalue weighted by Gasteiger charge is -2.32. The summed E-state index contributed by atoms with van der Waals surface area (Å²) in [6.45, 7) is 6.67. The summed E-state index contributed by atoms with van der Waals surface area (Å²) >= 11 is 0. The molecule has 0 atom stereocenters. The van der Waals surface area contributed by atoms with Gasteiger partial charge in [0, 0.05) is 49.2 Å². The molecule has 0 aromatic carbocycles. The van der Waals surface area contributed by atoms with Gasteiger partial charge in [-0.05, 0) is 32.8 Å². The quantitative estimate of drug-likeness (QED) is 0.747. The maximum atomic E-state index is 12.8. The van der Waals surface area contributed by atoms with Crippen molar-refractivity contribution in [2.24, 2.45) is 0 Å². The number of carbonyl (C=O) groups excluding carboxylic acids is 1. The molecule has 0 N–H and O–H groups in total. The summed E-state index contributed by atoms with van der Waals surface area (Å²) in [5.41, 5.74) is 3.09. The third-order valence-electron chi connectivity index (χ3n) is 5.64. The van der Waals surface area contributed by atoms with Crippen LogP contribution in [0.2, 0.25) is 0 Å². The van der Waals surface area contributed by atoms with Gasteiger partial charge in [0.15, 0.2) is 5.78 Å². The second kappa shape index (κ2) is 7.21. The zero-order chi connectivity index (χ0) is 18.2. The molecule has 2 heterocycles. The number of carbonyl (C=O) groups is 1. The van der Waals surface area contributed by atoms with Gasteiger partial charge in [-0.3, -0.25) is 9.69 Å². The van der Waals surface area contributed by atoms with Gasteiger partial charge in [-0.25, -0.2) is 8.42 Å². The molecule has 2 aliphatic rings. The number of aryl methyl sites for hydroxylation is 1. The van der Waals surface area contributed by atoms with Crippen LogP contribution in [0.1, 0.15) is 53.5 Å². The molecule has 7 heteroatoms. The highest BCUT2D eigenvalue weighted by atomic mass is 32.2. The summed E-state index contributed by atoms with van der Waals surface area (Å²) in [6.07, 6.45) is 6.20. The normalized spacial score (nSPS) is 21.1. The van der Waals surface area contributed by atoms with Crippen LogP contribution in [-0.4, -0.2) is 67.0 Å². The van der Waals surface area contributed by atoms with Crippen molar-refractivity contribution in [3.05, 3.63) is 23.0 Å². The van der Waals surface area contributed by atoms with Gasteiger partial charge in [0.2, 0.25) is 10.0 Å². The van der Waals surface area contributed by atoms with Gasteiger partial charge < -0.3 is 4.57 Å². The van der Waals surface area contributed by atoms with E-state index in [1.165, 1.54) is 41.9 Å². The Morgan fingerprint density at radius 2 is 1.72 bits per heavy atom. The molecule has 140 valence electrons. The monoisotopic (exact) mass is 367 g/mol. The van der Waals surface area contributed by atoms with Crippen LogP contribution in [-0.2, 0) is 10.0 Å². The first-order chi connectivity index (χ1) is 11.8. The van der Waals surface area contributed by atoms with Crippen molar-refractivity contribution < 1.29 is 13.2 Å². The van der Waals surface area contributed by atoms with Crippen molar-refractivity contribution >= 4 is 15.8 Å². The second-order valence-electron chi connectivity index (χ2n) is 7.45. The number of sulfonamides is 1. The standard InChI is InChI=1S/C18H29N3O3S/c1-14-12-17(15(2)21(14)16-6-4-5-7-16)18(22)13-19-8-10-20(11-9-19)25(3,23)24/h12,16H,4-11,13H2,1-3H3. The van der Waals surface area contributed by atoms with Crippen molar-refractivity contribution in [1.29, 1.82) is 0 Å². The van der Waals surface area contributed by atoms with E-state index >= 15 is 0 Å². The molecule has 1 aliphatic heterocycles. The lowest BCUT2D eigenvalue weighted by molar-refractivity contribution is 0.0901. The first-order valence-corrected chi connectivity index (χ1v) is 11.0. The Balaban J connectivity index is 1.65. The van der Waals surface area contributed by atoms with E-state index in [1.807, 2.05) is 6.07 Å². The largest absolute Gasteiger partial charge is 0.345 e. The van der Waals surface area contributed by atoms with Crippen LogP contribution in [0, 0.1) is 13.8 Å². The molecule has 0 bridgehead atoms. The minimum atomic E-state index is -3.13. The third-order valence-corrected chi connectivity index (χ3v) is 6.95. The van der Waals surface area contributed by atoms with Crippen LogP contribution in [0.3, 0.4) is 0 Å². The van der Waals surface area contributed by atoms with Crippen LogP contribution >= 0.6 is 0 Å². The summed E-state index contributed by atoms with van der Waals surface area (Å²) in [7, 11) is -3.13. The molecule has 0 amide bonds. The highest BCUT2D eigenvalue weighted by Crippen LogP contribution is 2.33. The van der Waals surface area contributed by atoms with Gasteiger partial charge in [-0.1, -0.05) is 12.8 Å². The van der Waals surface area contributed by atoms with Crippen molar-refractivity contribution in [2.75, 3.05) is 39.0 Å². The molecule has 1 aromatic rings. The van der Waals surface area contributed by atoms with Crippen LogP contribution in [0.4, 0.5) is 0 Å². The molecule has 0 radical (unpaired) electrons. The van der Waals surface area contributed by atoms with Gasteiger partial charge in [0.1, 0.15) is 0 Å². The van der Waals surface area contributed by atoms with E-state index in [2.05, 4.69) is 23.3 Å². The molecule has 1 saturated carbocycles. The SMILES string of the molecule is Cc1cc(C(=O)CN2CCN(S(C)(=O)=O)CC2)c(C)n1C1CCCC1. The summed E-state index contributed by atoms with van der Waals surface area (Å²) in [4.78, 5) is 14.9. The molecular weight excluding hydrogens is 338 g/mol. The molecule has 6 nitrogen and oxygen atoms in total. The summed E-state index contributed by atoms with van der Waals surface area (Å²) in [5, 5.41) is 0. The third kappa shape index (κ3) is 3.99. The first-order valence-electron chi connectivity index (χ1n) is 9.16. The summed E-state index contributed by atoms with van der Waals surface area (Å²) < 4.78 is 27.0. The van der Waals surface area contributed by atoms with E-state index in [9.17, 15) is 13.2 Å². The molecule has 0 unspecified atom stereocenters. The number of piperazine rings is 1. The molecule has 0 spiro atoms. The minimum absolute atomic E-state index is 0.144. The summed E-state index contributed by atoms with van der Waals surface area (Å²) in [6, 6.07) is 2.57. The topological polar surface area (TPSA) is 62.6 Å². The molecule has 1 saturated heterocycles. The lowest BCUT2D eigenvalue weighted by Crippen LogP contribution is -2.49. The highest BCUT2D eigenvalue weighted by molar-refractivity contribution is 7.88. The zero-order valence-corrected chi connectivity index (χ0v) is 16.3. The van der Waals surface area contributed by atoms with Gasteiger partial charge in [0.05, 0.1) is 12.8 Å². The van der Waals surface area contributed by atoms with Crippen LogP contribution in [0.15, 0.2) is 6.07 Å². The van der Waals surface area contributed by atoms with Gasteiger partial charge in [0.25, 0.3) is 0 Å². The Morgan fingerprint density at radius 3 is 2.28 bits per heavy atom. The Bertz CT molecular complexity index is 740. The van der Waals surface area contributed by atoms with Crippen LogP contribution in [0.25, 0.3) is 0 Å². The Hall–Kier alpha value is -1.18. The smallest absolute Gasteiger partial charge is 0.211 e. The maximum Gasteiger partial charge on any atom is 0.211 e. The number of hydrogen-bond acceptors (Lipinski definition) is 4. The zero-order valence-electron chi connectivity index (χ0n) is 15.5. The van der Waals surface area contributed by atoms with Gasteiger partial charge in [-0.15, -0.1) is 0 Å². The van der Waals surface area contributed by atoms with E-state index < -0.39 is 10.0 Å². The van der Waals surface area contributed by atoms with Gasteiger partial charge in [-0.2, -0.15) is 4.31 Å². The van der Waals surface area contributed by atoms with Crippen molar-refractivity contribution in [1.82, 2.24) is 13.8 Å². The molecule has 1 aromatic heterocycles. The van der Waals surface area contributed by atoms with E-state index in [0.29, 0.717) is 38.8 Å². The van der Waals surface area contributed by atoms with Crippen LogP contribution in [0.5, 0.6) is 0 Å². The van der Waals surface area contributed by atoms with E-state index in [-0.39, 0.29) is 5.78 Å². The van der Waals surface area contributed by atoms with Crippen molar-refractivity contribution in [3.8, 4) is 0 Å². The molecule has 1 aliphatic carbocycles. The first kappa shape index (κ1) is 18.6. The average Bonchev–Trinajstić information content (AvgIpc) is 3.15.